The van der Waals surface area contributed by atoms with Gasteiger partial charge in [-0.05, 0) is 42.0 Å². The molecule has 0 saturated carbocycles. The number of halogens is 2. The molecule has 1 heterocycles. The molecule has 4 rings (SSSR count). The molecule has 0 aromatic heterocycles. The van der Waals surface area contributed by atoms with Crippen LogP contribution in [-0.2, 0) is 9.59 Å². The Kier molecular flexibility index (Phi) is 5.36. The van der Waals surface area contributed by atoms with Crippen LogP contribution in [0.1, 0.15) is 17.2 Å². The molecule has 1 unspecified atom stereocenters. The van der Waals surface area contributed by atoms with Crippen LogP contribution in [0.2, 0.25) is 0 Å². The Balaban J connectivity index is 2.02. The average molecular weight is 437 g/mol. The van der Waals surface area contributed by atoms with Crippen molar-refractivity contribution in [2.24, 2.45) is 0 Å². The number of Topliss-reactive ketones (excluding diaryl/α,β-unsaturated/α-hetero) is 1. The molecule has 1 saturated heterocycles. The summed E-state index contributed by atoms with van der Waals surface area (Å²) in [6.07, 6.45) is 0. The van der Waals surface area contributed by atoms with Gasteiger partial charge in [-0.15, -0.1) is 0 Å². The van der Waals surface area contributed by atoms with E-state index >= 15 is 0 Å². The van der Waals surface area contributed by atoms with E-state index in [1.165, 1.54) is 37.4 Å². The number of carbonyl (C=O) groups excluding carboxylic acids is 2. The van der Waals surface area contributed by atoms with Gasteiger partial charge in [0.25, 0.3) is 11.7 Å². The molecule has 1 atom stereocenters. The number of ketones is 1. The van der Waals surface area contributed by atoms with Crippen LogP contribution in [0.3, 0.4) is 0 Å². The number of para-hydroxylation sites is 1. The van der Waals surface area contributed by atoms with E-state index < -0.39 is 40.8 Å². The standard InChI is InChI=1S/C24H17F2NO5/c1-32-19-8-3-2-7-16(19)22(29)20-21(13-5-4-6-15(28)11-13)27(24(31)23(20)30)18-12-14(25)9-10-17(18)26/h2-12,21,28-29H,1H3/b22-20+. The molecule has 1 aliphatic heterocycles. The van der Waals surface area contributed by atoms with E-state index in [0.29, 0.717) is 0 Å². The lowest BCUT2D eigenvalue weighted by atomic mass is 9.94. The lowest BCUT2D eigenvalue weighted by Crippen LogP contribution is -2.30. The molecular weight excluding hydrogens is 420 g/mol. The molecule has 8 heteroatoms. The molecule has 0 spiro atoms. The highest BCUT2D eigenvalue weighted by molar-refractivity contribution is 6.51. The van der Waals surface area contributed by atoms with E-state index in [1.54, 1.807) is 18.2 Å². The first kappa shape index (κ1) is 21.0. The van der Waals surface area contributed by atoms with E-state index in [4.69, 9.17) is 4.74 Å². The van der Waals surface area contributed by atoms with Gasteiger partial charge in [0.15, 0.2) is 0 Å². The van der Waals surface area contributed by atoms with Gasteiger partial charge in [-0.25, -0.2) is 8.78 Å². The minimum Gasteiger partial charge on any atom is -0.508 e. The highest BCUT2D eigenvalue weighted by Gasteiger charge is 2.48. The minimum absolute atomic E-state index is 0.137. The molecule has 3 aromatic carbocycles. The lowest BCUT2D eigenvalue weighted by Gasteiger charge is -2.26. The average Bonchev–Trinajstić information content (AvgIpc) is 3.05. The van der Waals surface area contributed by atoms with Gasteiger partial charge < -0.3 is 14.9 Å². The van der Waals surface area contributed by atoms with Crippen molar-refractivity contribution >= 4 is 23.1 Å². The van der Waals surface area contributed by atoms with Gasteiger partial charge in [0, 0.05) is 6.07 Å². The Hall–Kier alpha value is -4.20. The fourth-order valence-corrected chi connectivity index (χ4v) is 3.75. The van der Waals surface area contributed by atoms with Gasteiger partial charge in [0.05, 0.1) is 30.0 Å². The Morgan fingerprint density at radius 3 is 2.47 bits per heavy atom. The highest BCUT2D eigenvalue weighted by Crippen LogP contribution is 2.44. The molecule has 1 aliphatic rings. The van der Waals surface area contributed by atoms with Crippen molar-refractivity contribution in [2.75, 3.05) is 12.0 Å². The van der Waals surface area contributed by atoms with Crippen molar-refractivity contribution in [1.29, 1.82) is 0 Å². The molecule has 1 fully saturated rings. The lowest BCUT2D eigenvalue weighted by molar-refractivity contribution is -0.132. The molecule has 0 radical (unpaired) electrons. The number of amides is 1. The van der Waals surface area contributed by atoms with Crippen molar-refractivity contribution in [3.8, 4) is 11.5 Å². The van der Waals surface area contributed by atoms with Crippen molar-refractivity contribution < 1.29 is 33.3 Å². The maximum atomic E-state index is 14.6. The fourth-order valence-electron chi connectivity index (χ4n) is 3.75. The summed E-state index contributed by atoms with van der Waals surface area (Å²) in [7, 11) is 1.37. The van der Waals surface area contributed by atoms with Crippen LogP contribution in [-0.4, -0.2) is 29.0 Å². The third-order valence-corrected chi connectivity index (χ3v) is 5.16. The summed E-state index contributed by atoms with van der Waals surface area (Å²) >= 11 is 0. The maximum absolute atomic E-state index is 14.6. The maximum Gasteiger partial charge on any atom is 0.300 e. The topological polar surface area (TPSA) is 87.1 Å². The highest BCUT2D eigenvalue weighted by atomic mass is 19.1. The summed E-state index contributed by atoms with van der Waals surface area (Å²) in [6.45, 7) is 0. The number of hydrogen-bond acceptors (Lipinski definition) is 5. The Morgan fingerprint density at radius 1 is 1.00 bits per heavy atom. The van der Waals surface area contributed by atoms with Crippen molar-refractivity contribution in [2.45, 2.75) is 6.04 Å². The number of aliphatic hydroxyl groups excluding tert-OH is 1. The van der Waals surface area contributed by atoms with Crippen LogP contribution in [0, 0.1) is 11.6 Å². The van der Waals surface area contributed by atoms with Gasteiger partial charge in [0.1, 0.15) is 28.9 Å². The Bertz CT molecular complexity index is 1270. The number of phenolic OH excluding ortho intramolecular Hbond substituents is 1. The molecule has 32 heavy (non-hydrogen) atoms. The van der Waals surface area contributed by atoms with Gasteiger partial charge >= 0.3 is 0 Å². The first-order valence-corrected chi connectivity index (χ1v) is 9.52. The SMILES string of the molecule is COc1ccccc1/C(O)=C1\C(=O)C(=O)N(c2cc(F)ccc2F)C1c1cccc(O)c1. The minimum atomic E-state index is -1.33. The molecule has 3 aromatic rings. The zero-order valence-corrected chi connectivity index (χ0v) is 16.8. The van der Waals surface area contributed by atoms with E-state index in [-0.39, 0.29) is 28.2 Å². The number of anilines is 1. The number of aromatic hydroxyl groups is 1. The summed E-state index contributed by atoms with van der Waals surface area (Å²) < 4.78 is 33.8. The van der Waals surface area contributed by atoms with Crippen molar-refractivity contribution in [3.05, 3.63) is 95.1 Å². The van der Waals surface area contributed by atoms with Gasteiger partial charge in [-0.2, -0.15) is 0 Å². The van der Waals surface area contributed by atoms with Gasteiger partial charge in [0.2, 0.25) is 0 Å². The number of rotatable bonds is 4. The van der Waals surface area contributed by atoms with E-state index in [2.05, 4.69) is 0 Å². The second-order valence-corrected chi connectivity index (χ2v) is 7.06. The van der Waals surface area contributed by atoms with Gasteiger partial charge in [-0.3, -0.25) is 14.5 Å². The first-order valence-electron chi connectivity index (χ1n) is 9.52. The number of methoxy groups -OCH3 is 1. The van der Waals surface area contributed by atoms with E-state index in [9.17, 15) is 28.6 Å². The first-order chi connectivity index (χ1) is 15.3. The van der Waals surface area contributed by atoms with Crippen LogP contribution in [0.15, 0.2) is 72.3 Å². The van der Waals surface area contributed by atoms with Gasteiger partial charge in [-0.1, -0.05) is 24.3 Å². The Morgan fingerprint density at radius 2 is 1.75 bits per heavy atom. The van der Waals surface area contributed by atoms with E-state index in [0.717, 1.165) is 23.1 Å². The monoisotopic (exact) mass is 437 g/mol. The molecule has 0 bridgehead atoms. The number of nitrogens with zero attached hydrogens (tertiary/aromatic N) is 1. The number of aliphatic hydroxyl groups is 1. The summed E-state index contributed by atoms with van der Waals surface area (Å²) in [5.74, 6) is -4.48. The third kappa shape index (κ3) is 3.45. The summed E-state index contributed by atoms with van der Waals surface area (Å²) in [5, 5.41) is 21.0. The second-order valence-electron chi connectivity index (χ2n) is 7.06. The molecule has 162 valence electrons. The van der Waals surface area contributed by atoms with Crippen molar-refractivity contribution in [3.63, 3.8) is 0 Å². The van der Waals surface area contributed by atoms with Crippen LogP contribution in [0.4, 0.5) is 14.5 Å². The number of phenols is 1. The van der Waals surface area contributed by atoms with Crippen LogP contribution >= 0.6 is 0 Å². The van der Waals surface area contributed by atoms with Crippen molar-refractivity contribution in [1.82, 2.24) is 0 Å². The van der Waals surface area contributed by atoms with Crippen LogP contribution < -0.4 is 9.64 Å². The van der Waals surface area contributed by atoms with Crippen LogP contribution in [0.25, 0.3) is 5.76 Å². The fraction of sp³-hybridized carbons (Fsp3) is 0.0833. The Labute approximate surface area is 181 Å². The van der Waals surface area contributed by atoms with E-state index in [1.807, 2.05) is 0 Å². The molecule has 1 amide bonds. The predicted molar refractivity (Wildman–Crippen MR) is 112 cm³/mol. The molecule has 0 aliphatic carbocycles. The zero-order valence-electron chi connectivity index (χ0n) is 16.8. The summed E-state index contributed by atoms with van der Waals surface area (Å²) in [5.41, 5.74) is -0.476. The zero-order chi connectivity index (χ0) is 23.0. The van der Waals surface area contributed by atoms with Crippen LogP contribution in [0.5, 0.6) is 11.5 Å². The quantitative estimate of drug-likeness (QED) is 0.361. The third-order valence-electron chi connectivity index (χ3n) is 5.16. The predicted octanol–water partition coefficient (Wildman–Crippen LogP) is 4.31. The molecule has 6 nitrogen and oxygen atoms in total. The normalized spacial score (nSPS) is 17.6. The number of ether oxygens (including phenoxy) is 1. The number of hydrogen-bond donors (Lipinski definition) is 2. The molecule has 2 N–H and O–H groups in total. The number of carbonyl (C=O) groups is 2. The number of benzene rings is 3. The largest absolute Gasteiger partial charge is 0.508 e. The summed E-state index contributed by atoms with van der Waals surface area (Å²) in [4.78, 5) is 26.8. The second kappa shape index (κ2) is 8.14. The molecular formula is C24H17F2NO5. The smallest absolute Gasteiger partial charge is 0.300 e. The summed E-state index contributed by atoms with van der Waals surface area (Å²) in [6, 6.07) is 13.1.